The van der Waals surface area contributed by atoms with E-state index in [9.17, 15) is 4.79 Å². The van der Waals surface area contributed by atoms with E-state index in [0.29, 0.717) is 19.4 Å². The number of carbonyl (C=O) groups is 1. The number of hydrogen-bond acceptors (Lipinski definition) is 3. The third-order valence-electron chi connectivity index (χ3n) is 4.27. The SMILES string of the molecule is Cc1cc2nc(C)c(CCC(=O)NCC#Cc3ccccc3)c(C)n2n1. The average Bonchev–Trinajstić information content (AvgIpc) is 3.00. The number of carbonyl (C=O) groups excluding carboxylic acids is 1. The van der Waals surface area contributed by atoms with Gasteiger partial charge in [-0.3, -0.25) is 4.79 Å². The van der Waals surface area contributed by atoms with E-state index in [2.05, 4.69) is 27.2 Å². The van der Waals surface area contributed by atoms with Crippen molar-refractivity contribution in [2.45, 2.75) is 33.6 Å². The molecule has 0 unspecified atom stereocenters. The van der Waals surface area contributed by atoms with Crippen molar-refractivity contribution in [3.63, 3.8) is 0 Å². The summed E-state index contributed by atoms with van der Waals surface area (Å²) in [5, 5.41) is 7.31. The smallest absolute Gasteiger partial charge is 0.221 e. The molecule has 0 radical (unpaired) electrons. The van der Waals surface area contributed by atoms with Gasteiger partial charge in [-0.05, 0) is 44.9 Å². The minimum atomic E-state index is -0.0112. The van der Waals surface area contributed by atoms with Crippen molar-refractivity contribution in [3.8, 4) is 11.8 Å². The summed E-state index contributed by atoms with van der Waals surface area (Å²) in [5.74, 6) is 5.99. The van der Waals surface area contributed by atoms with Crippen LogP contribution in [0.2, 0.25) is 0 Å². The Hall–Kier alpha value is -3.13. The summed E-state index contributed by atoms with van der Waals surface area (Å²) in [6, 6.07) is 11.7. The number of aromatic nitrogens is 3. The zero-order valence-corrected chi connectivity index (χ0v) is 15.3. The Morgan fingerprint density at radius 3 is 2.73 bits per heavy atom. The molecule has 5 nitrogen and oxygen atoms in total. The lowest BCUT2D eigenvalue weighted by Crippen LogP contribution is -2.24. The molecule has 0 fully saturated rings. The first-order valence-electron chi connectivity index (χ1n) is 8.67. The number of fused-ring (bicyclic) bond motifs is 1. The van der Waals surface area contributed by atoms with Crippen molar-refractivity contribution in [3.05, 3.63) is 64.6 Å². The fourth-order valence-corrected chi connectivity index (χ4v) is 2.94. The van der Waals surface area contributed by atoms with Crippen molar-refractivity contribution in [2.24, 2.45) is 0 Å². The molecule has 3 rings (SSSR count). The summed E-state index contributed by atoms with van der Waals surface area (Å²) < 4.78 is 1.85. The van der Waals surface area contributed by atoms with Crippen molar-refractivity contribution in [2.75, 3.05) is 6.54 Å². The molecule has 1 amide bonds. The summed E-state index contributed by atoms with van der Waals surface area (Å²) in [6.07, 6.45) is 1.04. The Morgan fingerprint density at radius 1 is 1.19 bits per heavy atom. The van der Waals surface area contributed by atoms with E-state index in [0.717, 1.165) is 33.9 Å². The molecule has 0 atom stereocenters. The van der Waals surface area contributed by atoms with Crippen molar-refractivity contribution in [1.82, 2.24) is 19.9 Å². The maximum absolute atomic E-state index is 12.1. The zero-order valence-electron chi connectivity index (χ0n) is 15.3. The average molecular weight is 346 g/mol. The molecule has 0 saturated carbocycles. The van der Waals surface area contributed by atoms with E-state index in [1.54, 1.807) is 0 Å². The quantitative estimate of drug-likeness (QED) is 0.739. The molecular weight excluding hydrogens is 324 g/mol. The van der Waals surface area contributed by atoms with Gasteiger partial charge in [0.05, 0.1) is 12.2 Å². The molecule has 26 heavy (non-hydrogen) atoms. The first-order valence-corrected chi connectivity index (χ1v) is 8.67. The molecule has 0 bridgehead atoms. The van der Waals surface area contributed by atoms with Crippen molar-refractivity contribution < 1.29 is 4.79 Å². The predicted molar refractivity (Wildman–Crippen MR) is 102 cm³/mol. The lowest BCUT2D eigenvalue weighted by molar-refractivity contribution is -0.120. The van der Waals surface area contributed by atoms with E-state index in [1.165, 1.54) is 0 Å². The third kappa shape index (κ3) is 4.09. The maximum atomic E-state index is 12.1. The van der Waals surface area contributed by atoms with Gasteiger partial charge >= 0.3 is 0 Å². The Kier molecular flexibility index (Phi) is 5.33. The molecule has 3 aromatic rings. The molecule has 0 saturated heterocycles. The second-order valence-electron chi connectivity index (χ2n) is 6.26. The van der Waals surface area contributed by atoms with Crippen LogP contribution in [0.15, 0.2) is 36.4 Å². The van der Waals surface area contributed by atoms with Crippen molar-refractivity contribution >= 4 is 11.6 Å². The molecular formula is C21H22N4O. The van der Waals surface area contributed by atoms with Crippen LogP contribution in [-0.2, 0) is 11.2 Å². The third-order valence-corrected chi connectivity index (χ3v) is 4.27. The number of amides is 1. The van der Waals surface area contributed by atoms with Crippen LogP contribution in [0.5, 0.6) is 0 Å². The minimum absolute atomic E-state index is 0.0112. The number of nitrogens with one attached hydrogen (secondary N) is 1. The van der Waals surface area contributed by atoms with Crippen LogP contribution < -0.4 is 5.32 Å². The molecule has 5 heteroatoms. The number of nitrogens with zero attached hydrogens (tertiary/aromatic N) is 3. The van der Waals surface area contributed by atoms with Crippen LogP contribution in [-0.4, -0.2) is 27.0 Å². The normalized spacial score (nSPS) is 10.4. The van der Waals surface area contributed by atoms with Crippen LogP contribution in [0, 0.1) is 32.6 Å². The topological polar surface area (TPSA) is 59.3 Å². The number of benzene rings is 1. The Morgan fingerprint density at radius 2 is 1.96 bits per heavy atom. The van der Waals surface area contributed by atoms with E-state index in [4.69, 9.17) is 0 Å². The summed E-state index contributed by atoms with van der Waals surface area (Å²) in [5.41, 5.74) is 5.80. The van der Waals surface area contributed by atoms with Gasteiger partial charge in [0.2, 0.25) is 5.91 Å². The Bertz CT molecular complexity index is 994. The van der Waals surface area contributed by atoms with Gasteiger partial charge in [0, 0.05) is 29.4 Å². The van der Waals surface area contributed by atoms with E-state index in [1.807, 2.05) is 61.7 Å². The van der Waals surface area contributed by atoms with Gasteiger partial charge < -0.3 is 5.32 Å². The maximum Gasteiger partial charge on any atom is 0.221 e. The molecule has 2 aromatic heterocycles. The van der Waals surface area contributed by atoms with Gasteiger partial charge in [0.1, 0.15) is 0 Å². The van der Waals surface area contributed by atoms with Gasteiger partial charge in [-0.1, -0.05) is 30.0 Å². The van der Waals surface area contributed by atoms with E-state index < -0.39 is 0 Å². The highest BCUT2D eigenvalue weighted by Crippen LogP contribution is 2.16. The van der Waals surface area contributed by atoms with Gasteiger partial charge in [-0.25, -0.2) is 9.50 Å². The van der Waals surface area contributed by atoms with Crippen LogP contribution in [0.25, 0.3) is 5.65 Å². The van der Waals surface area contributed by atoms with E-state index in [-0.39, 0.29) is 5.91 Å². The first-order chi connectivity index (χ1) is 12.5. The van der Waals surface area contributed by atoms with Gasteiger partial charge in [-0.2, -0.15) is 5.10 Å². The predicted octanol–water partition coefficient (Wildman–Crippen LogP) is 2.76. The monoisotopic (exact) mass is 346 g/mol. The zero-order chi connectivity index (χ0) is 18.5. The molecule has 132 valence electrons. The highest BCUT2D eigenvalue weighted by atomic mass is 16.1. The molecule has 0 spiro atoms. The van der Waals surface area contributed by atoms with Gasteiger partial charge in [-0.15, -0.1) is 0 Å². The van der Waals surface area contributed by atoms with Crippen molar-refractivity contribution in [1.29, 1.82) is 0 Å². The lowest BCUT2D eigenvalue weighted by atomic mass is 10.1. The summed E-state index contributed by atoms with van der Waals surface area (Å²) in [6.45, 7) is 6.30. The second-order valence-corrected chi connectivity index (χ2v) is 6.26. The number of rotatable bonds is 4. The molecule has 2 heterocycles. The second kappa shape index (κ2) is 7.83. The largest absolute Gasteiger partial charge is 0.345 e. The highest BCUT2D eigenvalue weighted by molar-refractivity contribution is 5.76. The standard InChI is InChI=1S/C21H22N4O/c1-15-14-20-23-16(2)19(17(3)25(20)24-15)11-12-21(26)22-13-7-10-18-8-5-4-6-9-18/h4-6,8-9,14H,11-13H2,1-3H3,(H,22,26). The molecule has 1 aromatic carbocycles. The minimum Gasteiger partial charge on any atom is -0.345 e. The number of aryl methyl sites for hydroxylation is 3. The molecule has 0 aliphatic heterocycles. The first kappa shape index (κ1) is 17.7. The highest BCUT2D eigenvalue weighted by Gasteiger charge is 2.12. The van der Waals surface area contributed by atoms with Crippen LogP contribution in [0.1, 0.15) is 34.6 Å². The van der Waals surface area contributed by atoms with Crippen LogP contribution >= 0.6 is 0 Å². The fourth-order valence-electron chi connectivity index (χ4n) is 2.94. The van der Waals surface area contributed by atoms with Gasteiger partial charge in [0.15, 0.2) is 5.65 Å². The summed E-state index contributed by atoms with van der Waals surface area (Å²) in [4.78, 5) is 16.7. The van der Waals surface area contributed by atoms with Crippen LogP contribution in [0.3, 0.4) is 0 Å². The lowest BCUT2D eigenvalue weighted by Gasteiger charge is -2.10. The summed E-state index contributed by atoms with van der Waals surface area (Å²) >= 11 is 0. The molecule has 0 aliphatic rings. The van der Waals surface area contributed by atoms with Gasteiger partial charge in [0.25, 0.3) is 0 Å². The van der Waals surface area contributed by atoms with Crippen LogP contribution in [0.4, 0.5) is 0 Å². The fraction of sp³-hybridized carbons (Fsp3) is 0.286. The summed E-state index contributed by atoms with van der Waals surface area (Å²) in [7, 11) is 0. The Labute approximate surface area is 153 Å². The molecule has 0 aliphatic carbocycles. The molecule has 1 N–H and O–H groups in total. The Balaban J connectivity index is 1.58. The van der Waals surface area contributed by atoms with E-state index >= 15 is 0 Å². The number of hydrogen-bond donors (Lipinski definition) is 1.